The summed E-state index contributed by atoms with van der Waals surface area (Å²) in [5.41, 5.74) is 7.29. The SMILES string of the molecule is CCOC(=O)CC(=O)CSc1nc(N)c(C#N)c(-c2ccsc2)c1C#N. The summed E-state index contributed by atoms with van der Waals surface area (Å²) in [7, 11) is 0. The Bertz CT molecular complexity index is 912. The quantitative estimate of drug-likeness (QED) is 0.437. The number of Topliss-reactive ketones (excluding diaryl/α,β-unsaturated/α-hetero) is 1. The maximum absolute atomic E-state index is 11.9. The summed E-state index contributed by atoms with van der Waals surface area (Å²) in [5.74, 6) is -1.01. The number of rotatable bonds is 7. The minimum absolute atomic E-state index is 0.00644. The fraction of sp³-hybridized carbons (Fsp3) is 0.235. The number of hydrogen-bond donors (Lipinski definition) is 1. The van der Waals surface area contributed by atoms with E-state index in [0.717, 1.165) is 11.8 Å². The van der Waals surface area contributed by atoms with E-state index >= 15 is 0 Å². The number of nitrogens with zero attached hydrogens (tertiary/aromatic N) is 3. The summed E-state index contributed by atoms with van der Waals surface area (Å²) in [6, 6.07) is 5.82. The molecule has 0 aliphatic heterocycles. The lowest BCUT2D eigenvalue weighted by atomic mass is 9.99. The van der Waals surface area contributed by atoms with E-state index < -0.39 is 5.97 Å². The minimum atomic E-state index is -0.593. The van der Waals surface area contributed by atoms with Crippen LogP contribution in [0.4, 0.5) is 5.82 Å². The number of pyridine rings is 1. The van der Waals surface area contributed by atoms with Gasteiger partial charge >= 0.3 is 5.97 Å². The predicted octanol–water partition coefficient (Wildman–Crippen LogP) is 2.75. The molecule has 132 valence electrons. The molecule has 0 amide bonds. The molecule has 0 atom stereocenters. The van der Waals surface area contributed by atoms with Crippen LogP contribution in [0.1, 0.15) is 24.5 Å². The number of ether oxygens (including phenoxy) is 1. The first kappa shape index (κ1) is 19.4. The van der Waals surface area contributed by atoms with Gasteiger partial charge in [0.15, 0.2) is 5.78 Å². The van der Waals surface area contributed by atoms with E-state index in [1.54, 1.807) is 18.4 Å². The summed E-state index contributed by atoms with van der Waals surface area (Å²) < 4.78 is 4.74. The molecule has 0 radical (unpaired) electrons. The number of carbonyl (C=O) groups is 2. The molecule has 2 heterocycles. The van der Waals surface area contributed by atoms with Gasteiger partial charge in [-0.2, -0.15) is 21.9 Å². The molecule has 2 rings (SSSR count). The van der Waals surface area contributed by atoms with Gasteiger partial charge in [0.1, 0.15) is 35.0 Å². The molecule has 26 heavy (non-hydrogen) atoms. The number of esters is 1. The Morgan fingerprint density at radius 1 is 1.35 bits per heavy atom. The average molecular weight is 386 g/mol. The van der Waals surface area contributed by atoms with Crippen molar-refractivity contribution in [1.29, 1.82) is 10.5 Å². The molecule has 0 saturated heterocycles. The molecule has 0 saturated carbocycles. The molecular formula is C17H14N4O3S2. The highest BCUT2D eigenvalue weighted by atomic mass is 32.2. The van der Waals surface area contributed by atoms with Crippen molar-refractivity contribution in [3.63, 3.8) is 0 Å². The Morgan fingerprint density at radius 3 is 2.65 bits per heavy atom. The van der Waals surface area contributed by atoms with Gasteiger partial charge in [0.25, 0.3) is 0 Å². The number of hydrogen-bond acceptors (Lipinski definition) is 9. The van der Waals surface area contributed by atoms with Crippen molar-refractivity contribution in [1.82, 2.24) is 4.98 Å². The van der Waals surface area contributed by atoms with Crippen molar-refractivity contribution in [2.75, 3.05) is 18.1 Å². The molecule has 2 aromatic rings. The second kappa shape index (κ2) is 8.99. The third-order valence-corrected chi connectivity index (χ3v) is 4.96. The largest absolute Gasteiger partial charge is 0.466 e. The highest BCUT2D eigenvalue weighted by Gasteiger charge is 2.21. The first-order valence-electron chi connectivity index (χ1n) is 7.48. The molecule has 0 aliphatic carbocycles. The van der Waals surface area contributed by atoms with E-state index in [2.05, 4.69) is 11.1 Å². The van der Waals surface area contributed by atoms with Crippen LogP contribution in [-0.4, -0.2) is 29.1 Å². The van der Waals surface area contributed by atoms with Gasteiger partial charge < -0.3 is 10.5 Å². The van der Waals surface area contributed by atoms with Crippen molar-refractivity contribution < 1.29 is 14.3 Å². The zero-order valence-corrected chi connectivity index (χ0v) is 15.4. The Balaban J connectivity index is 2.33. The number of thiophene rings is 1. The third-order valence-electron chi connectivity index (χ3n) is 3.24. The summed E-state index contributed by atoms with van der Waals surface area (Å²) in [6.45, 7) is 1.86. The standard InChI is InChI=1S/C17H14N4O3S2/c1-2-24-14(23)5-11(22)9-26-17-13(7-19)15(10-3-4-25-8-10)12(6-18)16(20)21-17/h3-4,8H,2,5,9H2,1H3,(H2,20,21). The fourth-order valence-corrected chi connectivity index (χ4v) is 3.67. The minimum Gasteiger partial charge on any atom is -0.466 e. The van der Waals surface area contributed by atoms with Crippen LogP contribution in [0.25, 0.3) is 11.1 Å². The van der Waals surface area contributed by atoms with Gasteiger partial charge in [-0.15, -0.1) is 0 Å². The summed E-state index contributed by atoms with van der Waals surface area (Å²) >= 11 is 2.43. The molecule has 0 aliphatic rings. The maximum Gasteiger partial charge on any atom is 0.313 e. The summed E-state index contributed by atoms with van der Waals surface area (Å²) in [5, 5.41) is 22.8. The lowest BCUT2D eigenvalue weighted by molar-refractivity contribution is -0.145. The van der Waals surface area contributed by atoms with Crippen molar-refractivity contribution in [3.8, 4) is 23.3 Å². The highest BCUT2D eigenvalue weighted by Crippen LogP contribution is 2.36. The number of thioether (sulfide) groups is 1. The van der Waals surface area contributed by atoms with Crippen LogP contribution in [0.2, 0.25) is 0 Å². The van der Waals surface area contributed by atoms with Gasteiger partial charge in [0, 0.05) is 5.56 Å². The number of nitrogens with two attached hydrogens (primary N) is 1. The number of aromatic nitrogens is 1. The third kappa shape index (κ3) is 4.39. The Kier molecular flexibility index (Phi) is 6.73. The Morgan fingerprint density at radius 2 is 2.08 bits per heavy atom. The van der Waals surface area contributed by atoms with Crippen molar-refractivity contribution >= 4 is 40.7 Å². The van der Waals surface area contributed by atoms with Gasteiger partial charge in [0.2, 0.25) is 0 Å². The van der Waals surface area contributed by atoms with Gasteiger partial charge in [-0.3, -0.25) is 9.59 Å². The zero-order valence-electron chi connectivity index (χ0n) is 13.8. The van der Waals surface area contributed by atoms with Crippen LogP contribution in [0.15, 0.2) is 21.9 Å². The van der Waals surface area contributed by atoms with Gasteiger partial charge in [0.05, 0.1) is 17.9 Å². The monoisotopic (exact) mass is 386 g/mol. The number of carbonyl (C=O) groups excluding carboxylic acids is 2. The zero-order chi connectivity index (χ0) is 19.1. The van der Waals surface area contributed by atoms with Crippen LogP contribution in [0.5, 0.6) is 0 Å². The molecule has 0 bridgehead atoms. The average Bonchev–Trinajstić information content (AvgIpc) is 3.13. The van der Waals surface area contributed by atoms with E-state index in [-0.39, 0.29) is 46.5 Å². The Hall–Kier alpha value is -2.88. The van der Waals surface area contributed by atoms with Gasteiger partial charge in [-0.25, -0.2) is 4.98 Å². The number of nitrogen functional groups attached to an aromatic ring is 1. The topological polar surface area (TPSA) is 130 Å². The first-order chi connectivity index (χ1) is 12.5. The number of nitriles is 2. The molecular weight excluding hydrogens is 372 g/mol. The van der Waals surface area contributed by atoms with Crippen molar-refractivity contribution in [3.05, 3.63) is 28.0 Å². The van der Waals surface area contributed by atoms with Gasteiger partial charge in [-0.05, 0) is 29.3 Å². The maximum atomic E-state index is 11.9. The van der Waals surface area contributed by atoms with Crippen LogP contribution in [0, 0.1) is 22.7 Å². The molecule has 0 unspecified atom stereocenters. The lowest BCUT2D eigenvalue weighted by Crippen LogP contribution is -2.13. The van der Waals surface area contributed by atoms with Crippen LogP contribution >= 0.6 is 23.1 Å². The molecule has 0 spiro atoms. The molecule has 2 aromatic heterocycles. The van der Waals surface area contributed by atoms with Crippen molar-refractivity contribution in [2.24, 2.45) is 0 Å². The summed E-state index contributed by atoms with van der Waals surface area (Å²) in [4.78, 5) is 27.4. The number of ketones is 1. The predicted molar refractivity (Wildman–Crippen MR) is 98.4 cm³/mol. The highest BCUT2D eigenvalue weighted by molar-refractivity contribution is 8.00. The molecule has 2 N–H and O–H groups in total. The van der Waals surface area contributed by atoms with Gasteiger partial charge in [-0.1, -0.05) is 11.8 Å². The molecule has 7 nitrogen and oxygen atoms in total. The smallest absolute Gasteiger partial charge is 0.313 e. The van der Waals surface area contributed by atoms with E-state index in [9.17, 15) is 20.1 Å². The molecule has 9 heteroatoms. The molecule has 0 fully saturated rings. The number of anilines is 1. The van der Waals surface area contributed by atoms with E-state index in [1.807, 2.05) is 11.4 Å². The van der Waals surface area contributed by atoms with Crippen molar-refractivity contribution in [2.45, 2.75) is 18.4 Å². The first-order valence-corrected chi connectivity index (χ1v) is 9.41. The summed E-state index contributed by atoms with van der Waals surface area (Å²) in [6.07, 6.45) is -0.341. The molecule has 0 aromatic carbocycles. The van der Waals surface area contributed by atoms with E-state index in [4.69, 9.17) is 10.5 Å². The van der Waals surface area contributed by atoms with E-state index in [0.29, 0.717) is 11.1 Å². The van der Waals surface area contributed by atoms with Crippen LogP contribution in [0.3, 0.4) is 0 Å². The fourth-order valence-electron chi connectivity index (χ4n) is 2.17. The second-order valence-electron chi connectivity index (χ2n) is 4.97. The second-order valence-corrected chi connectivity index (χ2v) is 6.72. The normalized spacial score (nSPS) is 9.96. The lowest BCUT2D eigenvalue weighted by Gasteiger charge is -2.11. The van der Waals surface area contributed by atoms with Crippen LogP contribution in [-0.2, 0) is 14.3 Å². The van der Waals surface area contributed by atoms with Crippen LogP contribution < -0.4 is 5.73 Å². The van der Waals surface area contributed by atoms with E-state index in [1.165, 1.54) is 11.3 Å². The Labute approximate surface area is 158 Å².